The van der Waals surface area contributed by atoms with Gasteiger partial charge in [-0.25, -0.2) is 0 Å². The van der Waals surface area contributed by atoms with E-state index in [0.29, 0.717) is 19.4 Å². The summed E-state index contributed by atoms with van der Waals surface area (Å²) in [6.45, 7) is 4.05. The van der Waals surface area contributed by atoms with Crippen molar-refractivity contribution in [1.29, 1.82) is 0 Å². The fourth-order valence-electron chi connectivity index (χ4n) is 9.30. The van der Waals surface area contributed by atoms with Crippen molar-refractivity contribution >= 4 is 27.4 Å². The SMILES string of the molecule is C[C@]12C=C/C(=N\OCc3ccccc3Br)C=C1CC[C@@H]1[C@@H]2[C@@H](O)C[C@@]2(C)[C@H]1C[C@H]1OC(c3ccccc3)O[C@]12C(=O)CO. The molecule has 9 atom stereocenters. The summed E-state index contributed by atoms with van der Waals surface area (Å²) in [5.74, 6) is -0.0978. The molecule has 1 heterocycles. The molecule has 0 spiro atoms. The molecular formula is C35H38BrNO6. The third-order valence-electron chi connectivity index (χ3n) is 11.2. The Kier molecular flexibility index (Phi) is 7.29. The number of carbonyl (C=O) groups is 1. The molecule has 2 N–H and O–H groups in total. The van der Waals surface area contributed by atoms with Crippen molar-refractivity contribution < 1.29 is 29.3 Å². The van der Waals surface area contributed by atoms with Crippen LogP contribution in [-0.4, -0.2) is 46.1 Å². The van der Waals surface area contributed by atoms with E-state index in [0.717, 1.165) is 34.2 Å². The van der Waals surface area contributed by atoms with E-state index in [1.807, 2.05) is 60.7 Å². The number of nitrogens with zero attached hydrogens (tertiary/aromatic N) is 1. The summed E-state index contributed by atoms with van der Waals surface area (Å²) in [5.41, 5.74) is 1.57. The molecule has 2 aromatic rings. The van der Waals surface area contributed by atoms with Crippen LogP contribution in [-0.2, 0) is 25.7 Å². The number of halogens is 1. The molecule has 4 aliphatic carbocycles. The van der Waals surface area contributed by atoms with Crippen LogP contribution in [0.25, 0.3) is 0 Å². The van der Waals surface area contributed by atoms with Gasteiger partial charge in [-0.05, 0) is 55.7 Å². The molecule has 1 unspecified atom stereocenters. The molecule has 2 aromatic carbocycles. The van der Waals surface area contributed by atoms with Crippen molar-refractivity contribution in [2.45, 2.75) is 70.2 Å². The largest absolute Gasteiger partial charge is 0.393 e. The first-order chi connectivity index (χ1) is 20.7. The minimum Gasteiger partial charge on any atom is -0.393 e. The molecule has 4 fully saturated rings. The second-order valence-electron chi connectivity index (χ2n) is 13.2. The topological polar surface area (TPSA) is 97.6 Å². The standard InChI is InChI=1S/C35H38BrNO6/c1-33-15-14-24(37-41-20-22-10-6-7-11-27(22)36)16-23(33)12-13-25-26-17-30-35(29(40)19-38,34(26,2)18-28(39)31(25)33)43-32(42-30)21-8-4-3-5-9-21/h3-11,14-16,25-26,28,30-32,38-39H,12-13,17-20H2,1-2H3/b37-24+/t25-,26-,28-,30+,31+,32?,33-,34-,35+/m0/s1. The smallest absolute Gasteiger partial charge is 0.193 e. The van der Waals surface area contributed by atoms with E-state index in [1.165, 1.54) is 5.57 Å². The molecule has 0 radical (unpaired) electrons. The molecule has 3 saturated carbocycles. The molecule has 0 bridgehead atoms. The normalized spacial score (nSPS) is 40.3. The number of hydrogen-bond acceptors (Lipinski definition) is 7. The summed E-state index contributed by atoms with van der Waals surface area (Å²) in [6, 6.07) is 17.6. The number of hydrogen-bond donors (Lipinski definition) is 2. The number of Topliss-reactive ketones (excluding diaryl/α,β-unsaturated/α-hetero) is 1. The Balaban J connectivity index is 1.15. The van der Waals surface area contributed by atoms with Crippen LogP contribution in [0.5, 0.6) is 0 Å². The van der Waals surface area contributed by atoms with Gasteiger partial charge in [-0.15, -0.1) is 0 Å². The molecule has 226 valence electrons. The van der Waals surface area contributed by atoms with Gasteiger partial charge in [0.25, 0.3) is 0 Å². The number of rotatable bonds is 6. The van der Waals surface area contributed by atoms with Crippen molar-refractivity contribution in [1.82, 2.24) is 0 Å². The van der Waals surface area contributed by atoms with Crippen molar-refractivity contribution in [2.75, 3.05) is 6.61 Å². The summed E-state index contributed by atoms with van der Waals surface area (Å²) in [4.78, 5) is 19.4. The monoisotopic (exact) mass is 647 g/mol. The van der Waals surface area contributed by atoms with Crippen LogP contribution in [0.2, 0.25) is 0 Å². The summed E-state index contributed by atoms with van der Waals surface area (Å²) in [5, 5.41) is 26.5. The predicted molar refractivity (Wildman–Crippen MR) is 165 cm³/mol. The Morgan fingerprint density at radius 1 is 1.14 bits per heavy atom. The van der Waals surface area contributed by atoms with Gasteiger partial charge >= 0.3 is 0 Å². The maximum atomic E-state index is 13.7. The average Bonchev–Trinajstić information content (AvgIpc) is 3.51. The minimum absolute atomic E-state index is 0.0189. The Hall–Kier alpha value is -2.62. The molecule has 1 saturated heterocycles. The van der Waals surface area contributed by atoms with Crippen LogP contribution < -0.4 is 0 Å². The molecular weight excluding hydrogens is 610 g/mol. The number of carbonyl (C=O) groups excluding carboxylic acids is 1. The van der Waals surface area contributed by atoms with E-state index in [-0.39, 0.29) is 29.0 Å². The van der Waals surface area contributed by atoms with E-state index in [4.69, 9.17) is 14.3 Å². The zero-order chi connectivity index (χ0) is 30.0. The zero-order valence-corrected chi connectivity index (χ0v) is 26.1. The number of ether oxygens (including phenoxy) is 2. The second kappa shape index (κ2) is 10.8. The van der Waals surface area contributed by atoms with Crippen LogP contribution in [0.4, 0.5) is 0 Å². The number of oxime groups is 1. The highest BCUT2D eigenvalue weighted by Crippen LogP contribution is 2.70. The Morgan fingerprint density at radius 3 is 2.67 bits per heavy atom. The van der Waals surface area contributed by atoms with Gasteiger partial charge in [0.2, 0.25) is 0 Å². The van der Waals surface area contributed by atoms with Crippen LogP contribution in [0, 0.1) is 28.6 Å². The fourth-order valence-corrected chi connectivity index (χ4v) is 9.70. The Labute approximate surface area is 260 Å². The van der Waals surface area contributed by atoms with E-state index >= 15 is 0 Å². The highest BCUT2D eigenvalue weighted by Gasteiger charge is 2.75. The third-order valence-corrected chi connectivity index (χ3v) is 12.0. The van der Waals surface area contributed by atoms with E-state index in [1.54, 1.807) is 0 Å². The average molecular weight is 649 g/mol. The maximum absolute atomic E-state index is 13.7. The summed E-state index contributed by atoms with van der Waals surface area (Å²) in [6.07, 6.45) is 7.31. The summed E-state index contributed by atoms with van der Waals surface area (Å²) < 4.78 is 14.1. The number of fused-ring (bicyclic) bond motifs is 7. The first-order valence-electron chi connectivity index (χ1n) is 15.3. The van der Waals surface area contributed by atoms with Crippen LogP contribution in [0.15, 0.2) is 88.0 Å². The summed E-state index contributed by atoms with van der Waals surface area (Å²) in [7, 11) is 0. The maximum Gasteiger partial charge on any atom is 0.193 e. The lowest BCUT2D eigenvalue weighted by molar-refractivity contribution is -0.201. The Bertz CT molecular complexity index is 1510. The number of allylic oxidation sites excluding steroid dienone is 4. The van der Waals surface area contributed by atoms with Gasteiger partial charge in [0, 0.05) is 32.3 Å². The molecule has 7 nitrogen and oxygen atoms in total. The van der Waals surface area contributed by atoms with Gasteiger partial charge in [0.1, 0.15) is 18.9 Å². The molecule has 1 aliphatic heterocycles. The van der Waals surface area contributed by atoms with Crippen LogP contribution in [0.1, 0.15) is 56.9 Å². The number of aliphatic hydroxyl groups is 2. The first-order valence-corrected chi connectivity index (χ1v) is 16.0. The van der Waals surface area contributed by atoms with Crippen LogP contribution in [0.3, 0.4) is 0 Å². The number of benzene rings is 2. The second-order valence-corrected chi connectivity index (χ2v) is 14.1. The fraction of sp³-hybridized carbons (Fsp3) is 0.486. The van der Waals surface area contributed by atoms with Gasteiger partial charge < -0.3 is 24.5 Å². The molecule has 0 amide bonds. The van der Waals surface area contributed by atoms with Crippen molar-refractivity contribution in [3.63, 3.8) is 0 Å². The van der Waals surface area contributed by atoms with Gasteiger partial charge in [0.05, 0.1) is 12.2 Å². The minimum atomic E-state index is -1.30. The van der Waals surface area contributed by atoms with Crippen molar-refractivity contribution in [2.24, 2.45) is 33.7 Å². The number of ketones is 1. The van der Waals surface area contributed by atoms with E-state index < -0.39 is 36.1 Å². The van der Waals surface area contributed by atoms with Crippen molar-refractivity contribution in [3.05, 3.63) is 94.0 Å². The molecule has 0 aromatic heterocycles. The van der Waals surface area contributed by atoms with Crippen molar-refractivity contribution in [3.8, 4) is 0 Å². The van der Waals surface area contributed by atoms with Gasteiger partial charge in [-0.1, -0.05) is 95.1 Å². The molecule has 5 aliphatic rings. The first kappa shape index (κ1) is 29.1. The highest BCUT2D eigenvalue weighted by molar-refractivity contribution is 9.10. The van der Waals surface area contributed by atoms with Crippen LogP contribution >= 0.6 is 15.9 Å². The van der Waals surface area contributed by atoms with Gasteiger partial charge in [-0.3, -0.25) is 4.79 Å². The van der Waals surface area contributed by atoms with Gasteiger partial charge in [0.15, 0.2) is 17.7 Å². The van der Waals surface area contributed by atoms with Gasteiger partial charge in [-0.2, -0.15) is 0 Å². The van der Waals surface area contributed by atoms with E-state index in [2.05, 4.69) is 47.1 Å². The number of aliphatic hydroxyl groups excluding tert-OH is 2. The Morgan fingerprint density at radius 2 is 1.91 bits per heavy atom. The lowest BCUT2D eigenvalue weighted by Crippen LogP contribution is -2.63. The van der Waals surface area contributed by atoms with E-state index in [9.17, 15) is 15.0 Å². The molecule has 7 rings (SSSR count). The predicted octanol–water partition coefficient (Wildman–Crippen LogP) is 6.06. The highest BCUT2D eigenvalue weighted by atomic mass is 79.9. The lowest BCUT2D eigenvalue weighted by Gasteiger charge is -2.59. The molecule has 43 heavy (non-hydrogen) atoms. The third kappa shape index (κ3) is 4.36. The zero-order valence-electron chi connectivity index (χ0n) is 24.5. The molecule has 8 heteroatoms. The quantitative estimate of drug-likeness (QED) is 0.370. The lowest BCUT2D eigenvalue weighted by atomic mass is 9.46. The summed E-state index contributed by atoms with van der Waals surface area (Å²) >= 11 is 3.56.